The van der Waals surface area contributed by atoms with Crippen molar-refractivity contribution >= 4 is 11.7 Å². The normalized spacial score (nSPS) is 15.0. The molecule has 0 saturated carbocycles. The molecule has 3 aromatic rings. The molecule has 1 fully saturated rings. The average Bonchev–Trinajstić information content (AvgIpc) is 2.88. The molecule has 1 unspecified atom stereocenters. The van der Waals surface area contributed by atoms with Crippen LogP contribution in [0.15, 0.2) is 59.5 Å². The SMILES string of the molecule is CCOc1ccc(-c2ccc(=O)n(C(C)C(=O)N3CCN(c4ccc(C(F)(F)F)cn4)CC3)n2)cc1. The van der Waals surface area contributed by atoms with Crippen LogP contribution in [0.1, 0.15) is 25.5 Å². The Balaban J connectivity index is 1.42. The van der Waals surface area contributed by atoms with E-state index in [2.05, 4.69) is 10.1 Å². The van der Waals surface area contributed by atoms with Crippen molar-refractivity contribution in [3.05, 3.63) is 70.6 Å². The molecule has 1 aromatic carbocycles. The second kappa shape index (κ2) is 10.4. The van der Waals surface area contributed by atoms with Gasteiger partial charge in [0.2, 0.25) is 5.91 Å². The Hall–Kier alpha value is -3.89. The number of alkyl halides is 3. The number of piperazine rings is 1. The van der Waals surface area contributed by atoms with E-state index in [1.54, 1.807) is 17.9 Å². The molecule has 4 rings (SSSR count). The summed E-state index contributed by atoms with van der Waals surface area (Å²) >= 11 is 0. The highest BCUT2D eigenvalue weighted by Crippen LogP contribution is 2.29. The van der Waals surface area contributed by atoms with Gasteiger partial charge in [0.15, 0.2) is 0 Å². The van der Waals surface area contributed by atoms with E-state index in [1.165, 1.54) is 16.8 Å². The lowest BCUT2D eigenvalue weighted by molar-refractivity contribution is -0.138. The van der Waals surface area contributed by atoms with Crippen LogP contribution in [-0.4, -0.2) is 58.4 Å². The van der Waals surface area contributed by atoms with Crippen molar-refractivity contribution in [1.29, 1.82) is 0 Å². The highest BCUT2D eigenvalue weighted by molar-refractivity contribution is 5.80. The Morgan fingerprint density at radius 2 is 1.72 bits per heavy atom. The molecule has 0 aliphatic carbocycles. The molecule has 1 aliphatic rings. The van der Waals surface area contributed by atoms with Gasteiger partial charge in [-0.1, -0.05) is 0 Å². The summed E-state index contributed by atoms with van der Waals surface area (Å²) in [4.78, 5) is 33.1. The van der Waals surface area contributed by atoms with Crippen LogP contribution >= 0.6 is 0 Å². The summed E-state index contributed by atoms with van der Waals surface area (Å²) in [6, 6.07) is 11.8. The molecular formula is C25H26F3N5O3. The van der Waals surface area contributed by atoms with Crippen LogP contribution in [0.2, 0.25) is 0 Å². The van der Waals surface area contributed by atoms with E-state index in [9.17, 15) is 22.8 Å². The topological polar surface area (TPSA) is 80.6 Å². The first-order chi connectivity index (χ1) is 17.2. The number of carbonyl (C=O) groups excluding carboxylic acids is 1. The zero-order valence-corrected chi connectivity index (χ0v) is 19.9. The molecule has 0 radical (unpaired) electrons. The van der Waals surface area contributed by atoms with E-state index in [1.807, 2.05) is 36.1 Å². The van der Waals surface area contributed by atoms with Gasteiger partial charge in [0.1, 0.15) is 17.6 Å². The number of amides is 1. The lowest BCUT2D eigenvalue weighted by Gasteiger charge is -2.36. The second-order valence-electron chi connectivity index (χ2n) is 8.35. The van der Waals surface area contributed by atoms with Crippen molar-refractivity contribution in [2.75, 3.05) is 37.7 Å². The van der Waals surface area contributed by atoms with E-state index in [0.29, 0.717) is 44.3 Å². The van der Waals surface area contributed by atoms with Gasteiger partial charge in [-0.3, -0.25) is 9.59 Å². The third kappa shape index (κ3) is 5.50. The molecular weight excluding hydrogens is 475 g/mol. The Labute approximate surface area is 205 Å². The zero-order valence-electron chi connectivity index (χ0n) is 19.9. The maximum absolute atomic E-state index is 13.2. The number of ether oxygens (including phenoxy) is 1. The fourth-order valence-electron chi connectivity index (χ4n) is 4.01. The summed E-state index contributed by atoms with van der Waals surface area (Å²) in [6.45, 7) is 5.59. The smallest absolute Gasteiger partial charge is 0.417 e. The summed E-state index contributed by atoms with van der Waals surface area (Å²) in [5.41, 5.74) is 0.137. The monoisotopic (exact) mass is 501 g/mol. The molecule has 1 atom stereocenters. The van der Waals surface area contributed by atoms with Gasteiger partial charge in [-0.25, -0.2) is 9.67 Å². The van der Waals surface area contributed by atoms with Crippen LogP contribution in [0.5, 0.6) is 5.75 Å². The van der Waals surface area contributed by atoms with Gasteiger partial charge in [0, 0.05) is 44.0 Å². The van der Waals surface area contributed by atoms with Crippen molar-refractivity contribution in [1.82, 2.24) is 19.7 Å². The summed E-state index contributed by atoms with van der Waals surface area (Å²) in [7, 11) is 0. The highest BCUT2D eigenvalue weighted by Gasteiger charge is 2.31. The number of hydrogen-bond acceptors (Lipinski definition) is 6. The quantitative estimate of drug-likeness (QED) is 0.513. The largest absolute Gasteiger partial charge is 0.494 e. The molecule has 11 heteroatoms. The van der Waals surface area contributed by atoms with Crippen molar-refractivity contribution in [2.24, 2.45) is 0 Å². The van der Waals surface area contributed by atoms with Crippen molar-refractivity contribution < 1.29 is 22.7 Å². The third-order valence-electron chi connectivity index (χ3n) is 6.00. The van der Waals surface area contributed by atoms with Crippen LogP contribution < -0.4 is 15.2 Å². The maximum atomic E-state index is 13.2. The van der Waals surface area contributed by atoms with Gasteiger partial charge in [0.05, 0.1) is 17.9 Å². The number of anilines is 1. The molecule has 8 nitrogen and oxygen atoms in total. The summed E-state index contributed by atoms with van der Waals surface area (Å²) in [5.74, 6) is 0.890. The Morgan fingerprint density at radius 3 is 2.31 bits per heavy atom. The number of pyridine rings is 1. The molecule has 3 heterocycles. The van der Waals surface area contributed by atoms with Gasteiger partial charge in [0.25, 0.3) is 5.56 Å². The minimum atomic E-state index is -4.44. The van der Waals surface area contributed by atoms with Gasteiger partial charge >= 0.3 is 6.18 Å². The van der Waals surface area contributed by atoms with Crippen molar-refractivity contribution in [2.45, 2.75) is 26.1 Å². The molecule has 0 spiro atoms. The van der Waals surface area contributed by atoms with E-state index in [-0.39, 0.29) is 5.91 Å². The standard InChI is InChI=1S/C25H26F3N5O3/c1-3-36-20-7-4-18(5-8-20)21-9-11-23(34)33(30-21)17(2)24(35)32-14-12-31(13-15-32)22-10-6-19(16-29-22)25(26,27)28/h4-11,16-17H,3,12-15H2,1-2H3. The van der Waals surface area contributed by atoms with Crippen molar-refractivity contribution in [3.8, 4) is 17.0 Å². The van der Waals surface area contributed by atoms with Crippen LogP contribution in [0.3, 0.4) is 0 Å². The summed E-state index contributed by atoms with van der Waals surface area (Å²) in [5, 5.41) is 4.43. The number of nitrogens with zero attached hydrogens (tertiary/aromatic N) is 5. The average molecular weight is 502 g/mol. The Kier molecular flexibility index (Phi) is 7.27. The minimum absolute atomic E-state index is 0.256. The molecule has 0 bridgehead atoms. The minimum Gasteiger partial charge on any atom is -0.494 e. The van der Waals surface area contributed by atoms with E-state index in [4.69, 9.17) is 4.74 Å². The fraction of sp³-hybridized carbons (Fsp3) is 0.360. The van der Waals surface area contributed by atoms with E-state index < -0.39 is 23.3 Å². The zero-order chi connectivity index (χ0) is 25.9. The number of carbonyl (C=O) groups is 1. The first-order valence-electron chi connectivity index (χ1n) is 11.6. The molecule has 1 amide bonds. The molecule has 1 saturated heterocycles. The number of rotatable bonds is 6. The van der Waals surface area contributed by atoms with Gasteiger partial charge < -0.3 is 14.5 Å². The predicted octanol–water partition coefficient (Wildman–Crippen LogP) is 3.63. The number of hydrogen-bond donors (Lipinski definition) is 0. The molecule has 2 aromatic heterocycles. The molecule has 36 heavy (non-hydrogen) atoms. The lowest BCUT2D eigenvalue weighted by atomic mass is 10.1. The number of aromatic nitrogens is 3. The third-order valence-corrected chi connectivity index (χ3v) is 6.00. The second-order valence-corrected chi connectivity index (χ2v) is 8.35. The van der Waals surface area contributed by atoms with E-state index in [0.717, 1.165) is 23.6 Å². The first kappa shape index (κ1) is 25.2. The van der Waals surface area contributed by atoms with Crippen LogP contribution in [0.25, 0.3) is 11.3 Å². The van der Waals surface area contributed by atoms with Crippen LogP contribution in [0.4, 0.5) is 19.0 Å². The van der Waals surface area contributed by atoms with Crippen molar-refractivity contribution in [3.63, 3.8) is 0 Å². The molecule has 1 aliphatic heterocycles. The van der Waals surface area contributed by atoms with Gasteiger partial charge in [-0.05, 0) is 56.3 Å². The summed E-state index contributed by atoms with van der Waals surface area (Å²) < 4.78 is 45.0. The van der Waals surface area contributed by atoms with Crippen LogP contribution in [0, 0.1) is 0 Å². The fourth-order valence-corrected chi connectivity index (χ4v) is 4.01. The van der Waals surface area contributed by atoms with E-state index >= 15 is 0 Å². The maximum Gasteiger partial charge on any atom is 0.417 e. The number of halogens is 3. The Bertz CT molecular complexity index is 1250. The summed E-state index contributed by atoms with van der Waals surface area (Å²) in [6.07, 6.45) is -3.63. The first-order valence-corrected chi connectivity index (χ1v) is 11.6. The van der Waals surface area contributed by atoms with Gasteiger partial charge in [-0.2, -0.15) is 18.3 Å². The highest BCUT2D eigenvalue weighted by atomic mass is 19.4. The molecule has 190 valence electrons. The lowest BCUT2D eigenvalue weighted by Crippen LogP contribution is -2.51. The van der Waals surface area contributed by atoms with Crippen LogP contribution in [-0.2, 0) is 11.0 Å². The van der Waals surface area contributed by atoms with Gasteiger partial charge in [-0.15, -0.1) is 0 Å². The number of benzene rings is 1. The Morgan fingerprint density at radius 1 is 1.03 bits per heavy atom. The predicted molar refractivity (Wildman–Crippen MR) is 128 cm³/mol. The molecule has 0 N–H and O–H groups in total.